The number of para-hydroxylation sites is 2. The van der Waals surface area contributed by atoms with Gasteiger partial charge in [-0.1, -0.05) is 63.0 Å². The van der Waals surface area contributed by atoms with E-state index in [0.717, 1.165) is 28.0 Å². The Kier molecular flexibility index (Phi) is 7.11. The summed E-state index contributed by atoms with van der Waals surface area (Å²) < 4.78 is 6.18. The molecule has 2 fully saturated rings. The molecule has 0 atom stereocenters. The van der Waals surface area contributed by atoms with Crippen LogP contribution in [0.5, 0.6) is 5.75 Å². The highest BCUT2D eigenvalue weighted by molar-refractivity contribution is 8.26. The van der Waals surface area contributed by atoms with Crippen molar-refractivity contribution in [3.8, 4) is 17.0 Å². The minimum absolute atomic E-state index is 0.151. The number of anilines is 1. The van der Waals surface area contributed by atoms with Crippen LogP contribution in [0.25, 0.3) is 28.4 Å². The van der Waals surface area contributed by atoms with E-state index in [9.17, 15) is 9.59 Å². The van der Waals surface area contributed by atoms with E-state index >= 15 is 0 Å². The number of carbonyl (C=O) groups is 2. The van der Waals surface area contributed by atoms with E-state index in [2.05, 4.69) is 10.2 Å². The average Bonchev–Trinajstić information content (AvgIpc) is 3.23. The number of nitrogens with zero attached hydrogens (tertiary/aromatic N) is 4. The molecule has 3 heterocycles. The predicted octanol–water partition coefficient (Wildman–Crippen LogP) is 4.49. The average molecular weight is 548 g/mol. The van der Waals surface area contributed by atoms with Crippen LogP contribution < -0.4 is 15.0 Å². The van der Waals surface area contributed by atoms with E-state index in [-0.39, 0.29) is 11.8 Å². The van der Waals surface area contributed by atoms with E-state index in [1.54, 1.807) is 7.11 Å². The molecule has 0 spiro atoms. The Morgan fingerprint density at radius 2 is 1.76 bits per heavy atom. The van der Waals surface area contributed by atoms with Crippen molar-refractivity contribution in [2.24, 2.45) is 5.41 Å². The quantitative estimate of drug-likeness (QED) is 0.378. The topological polar surface area (TPSA) is 87.7 Å². The van der Waals surface area contributed by atoms with Crippen LogP contribution in [0, 0.1) is 5.41 Å². The van der Waals surface area contributed by atoms with Crippen LogP contribution in [0.4, 0.5) is 5.82 Å². The highest BCUT2D eigenvalue weighted by Crippen LogP contribution is 2.38. The Balaban J connectivity index is 1.57. The lowest BCUT2D eigenvalue weighted by molar-refractivity contribution is -0.139. The smallest absolute Gasteiger partial charge is 0.263 e. The molecular weight excluding hydrogens is 518 g/mol. The zero-order valence-electron chi connectivity index (χ0n) is 21.8. The van der Waals surface area contributed by atoms with E-state index in [1.807, 2.05) is 74.2 Å². The normalized spacial score (nSPS) is 17.3. The number of thioether (sulfide) groups is 1. The second kappa shape index (κ2) is 10.3. The van der Waals surface area contributed by atoms with E-state index in [4.69, 9.17) is 26.9 Å². The lowest BCUT2D eigenvalue weighted by atomic mass is 9.94. The number of hydrogen-bond acceptors (Lipinski definition) is 8. The number of amides is 2. The number of benzene rings is 2. The molecule has 2 amide bonds. The Morgan fingerprint density at radius 1 is 1.08 bits per heavy atom. The monoisotopic (exact) mass is 547 g/mol. The summed E-state index contributed by atoms with van der Waals surface area (Å²) in [5, 5.41) is 2.65. The summed E-state index contributed by atoms with van der Waals surface area (Å²) in [4.78, 5) is 39.8. The van der Waals surface area contributed by atoms with Crippen LogP contribution in [0.1, 0.15) is 26.3 Å². The van der Waals surface area contributed by atoms with E-state index in [1.165, 1.54) is 11.8 Å². The SMILES string of the molecule is COc1ccc(C=C2SC(=S)NC2=O)cc1-c1nc2ccccc2nc1N1CCN(C(=O)C(C)(C)C)CC1. The lowest BCUT2D eigenvalue weighted by Gasteiger charge is -2.38. The summed E-state index contributed by atoms with van der Waals surface area (Å²) in [7, 11) is 1.63. The molecule has 8 nitrogen and oxygen atoms in total. The third-order valence-electron chi connectivity index (χ3n) is 6.48. The van der Waals surface area contributed by atoms with Gasteiger partial charge in [0.15, 0.2) is 5.82 Å². The molecule has 2 aromatic carbocycles. The van der Waals surface area contributed by atoms with Crippen molar-refractivity contribution in [1.82, 2.24) is 20.2 Å². The molecule has 5 rings (SSSR count). The molecule has 10 heteroatoms. The molecule has 2 aliphatic rings. The number of ether oxygens (including phenoxy) is 1. The van der Waals surface area contributed by atoms with Crippen molar-refractivity contribution in [1.29, 1.82) is 0 Å². The number of carbonyl (C=O) groups excluding carboxylic acids is 2. The summed E-state index contributed by atoms with van der Waals surface area (Å²) in [6.45, 7) is 8.35. The molecule has 2 saturated heterocycles. The van der Waals surface area contributed by atoms with Gasteiger partial charge in [-0.15, -0.1) is 0 Å². The minimum atomic E-state index is -0.420. The van der Waals surface area contributed by atoms with Crippen LogP contribution in [0.2, 0.25) is 0 Å². The Hall–Kier alpha value is -3.50. The highest BCUT2D eigenvalue weighted by Gasteiger charge is 2.31. The number of aromatic nitrogens is 2. The summed E-state index contributed by atoms with van der Waals surface area (Å²) in [6.07, 6.45) is 1.81. The fourth-order valence-electron chi connectivity index (χ4n) is 4.56. The van der Waals surface area contributed by atoms with Crippen LogP contribution in [0.3, 0.4) is 0 Å². The van der Waals surface area contributed by atoms with Gasteiger partial charge in [0.1, 0.15) is 15.8 Å². The van der Waals surface area contributed by atoms with Gasteiger partial charge in [0.05, 0.1) is 23.0 Å². The second-order valence-electron chi connectivity index (χ2n) is 10.2. The van der Waals surface area contributed by atoms with Crippen molar-refractivity contribution in [3.63, 3.8) is 0 Å². The summed E-state index contributed by atoms with van der Waals surface area (Å²) in [6, 6.07) is 13.5. The molecule has 1 N–H and O–H groups in total. The summed E-state index contributed by atoms with van der Waals surface area (Å²) >= 11 is 6.38. The Morgan fingerprint density at radius 3 is 2.37 bits per heavy atom. The molecule has 0 saturated carbocycles. The largest absolute Gasteiger partial charge is 0.496 e. The van der Waals surface area contributed by atoms with Crippen LogP contribution >= 0.6 is 24.0 Å². The molecule has 0 radical (unpaired) electrons. The summed E-state index contributed by atoms with van der Waals surface area (Å²) in [5.74, 6) is 1.34. The molecule has 2 aliphatic heterocycles. The third kappa shape index (κ3) is 5.23. The maximum atomic E-state index is 12.9. The van der Waals surface area contributed by atoms with Crippen molar-refractivity contribution in [2.45, 2.75) is 20.8 Å². The van der Waals surface area contributed by atoms with Gasteiger partial charge in [-0.2, -0.15) is 0 Å². The molecule has 3 aromatic rings. The number of hydrogen-bond donors (Lipinski definition) is 1. The fourth-order valence-corrected chi connectivity index (χ4v) is 5.60. The first-order chi connectivity index (χ1) is 18.1. The second-order valence-corrected chi connectivity index (χ2v) is 11.9. The van der Waals surface area contributed by atoms with Gasteiger partial charge in [0.2, 0.25) is 5.91 Å². The highest BCUT2D eigenvalue weighted by atomic mass is 32.2. The van der Waals surface area contributed by atoms with Gasteiger partial charge in [0.25, 0.3) is 5.91 Å². The van der Waals surface area contributed by atoms with Crippen LogP contribution in [0.15, 0.2) is 47.4 Å². The van der Waals surface area contributed by atoms with Crippen molar-refractivity contribution in [2.75, 3.05) is 38.2 Å². The number of piperazine rings is 1. The Bertz CT molecular complexity index is 1470. The number of thiocarbonyl (C=S) groups is 1. The van der Waals surface area contributed by atoms with Gasteiger partial charge >= 0.3 is 0 Å². The molecule has 38 heavy (non-hydrogen) atoms. The molecule has 0 aliphatic carbocycles. The van der Waals surface area contributed by atoms with Gasteiger partial charge in [-0.05, 0) is 35.9 Å². The first-order valence-electron chi connectivity index (χ1n) is 12.4. The molecule has 0 bridgehead atoms. The molecule has 196 valence electrons. The third-order valence-corrected chi connectivity index (χ3v) is 7.64. The number of fused-ring (bicyclic) bond motifs is 1. The minimum Gasteiger partial charge on any atom is -0.496 e. The molecule has 0 unspecified atom stereocenters. The van der Waals surface area contributed by atoms with Crippen LogP contribution in [-0.4, -0.2) is 64.3 Å². The lowest BCUT2D eigenvalue weighted by Crippen LogP contribution is -2.52. The fraction of sp³-hybridized carbons (Fsp3) is 0.321. The van der Waals surface area contributed by atoms with Crippen molar-refractivity contribution < 1.29 is 14.3 Å². The van der Waals surface area contributed by atoms with E-state index < -0.39 is 5.41 Å². The van der Waals surface area contributed by atoms with Crippen molar-refractivity contribution >= 4 is 63.0 Å². The predicted molar refractivity (Wildman–Crippen MR) is 156 cm³/mol. The zero-order chi connectivity index (χ0) is 27.0. The van der Waals surface area contributed by atoms with Gasteiger partial charge in [0, 0.05) is 37.2 Å². The number of rotatable bonds is 4. The number of nitrogens with one attached hydrogen (secondary N) is 1. The zero-order valence-corrected chi connectivity index (χ0v) is 23.4. The van der Waals surface area contributed by atoms with Crippen LogP contribution in [-0.2, 0) is 9.59 Å². The maximum absolute atomic E-state index is 12.9. The standard InChI is InChI=1S/C28H29N5O3S2/c1-28(2,3)26(35)33-13-11-32(12-14-33)24-23(29-19-7-5-6-8-20(19)30-24)18-15-17(9-10-21(18)36-4)16-22-25(34)31-27(37)38-22/h5-10,15-16H,11-14H2,1-4H3,(H,31,34,37). The van der Waals surface area contributed by atoms with Gasteiger partial charge in [-0.25, -0.2) is 9.97 Å². The molecular formula is C28H29N5O3S2. The number of methoxy groups -OCH3 is 1. The van der Waals surface area contributed by atoms with Gasteiger partial charge in [-0.3, -0.25) is 9.59 Å². The molecule has 1 aromatic heterocycles. The first-order valence-corrected chi connectivity index (χ1v) is 13.6. The van der Waals surface area contributed by atoms with Gasteiger partial charge < -0.3 is 19.9 Å². The van der Waals surface area contributed by atoms with E-state index in [0.29, 0.717) is 46.8 Å². The first kappa shape index (κ1) is 26.1. The Labute approximate surface area is 231 Å². The summed E-state index contributed by atoms with van der Waals surface area (Å²) in [5.41, 5.74) is 3.43. The van der Waals surface area contributed by atoms with Crippen molar-refractivity contribution in [3.05, 3.63) is 52.9 Å². The maximum Gasteiger partial charge on any atom is 0.263 e.